The van der Waals surface area contributed by atoms with E-state index in [0.29, 0.717) is 5.69 Å². The van der Waals surface area contributed by atoms with Gasteiger partial charge >= 0.3 is 0 Å². The summed E-state index contributed by atoms with van der Waals surface area (Å²) in [7, 11) is -3.65. The number of nitrogens with zero attached hydrogens (tertiary/aromatic N) is 1. The first kappa shape index (κ1) is 12.4. The minimum Gasteiger partial charge on any atom is -0.508 e. The molecular weight excluding hydrogens is 252 g/mol. The summed E-state index contributed by atoms with van der Waals surface area (Å²) in [4.78, 5) is 3.99. The normalized spacial score (nSPS) is 11.2. The van der Waals surface area contributed by atoms with E-state index in [0.717, 1.165) is 5.56 Å². The Morgan fingerprint density at radius 2 is 1.83 bits per heavy atom. The highest BCUT2D eigenvalue weighted by molar-refractivity contribution is 7.92. The van der Waals surface area contributed by atoms with Crippen molar-refractivity contribution >= 4 is 15.7 Å². The van der Waals surface area contributed by atoms with Crippen LogP contribution in [0.1, 0.15) is 5.56 Å². The zero-order chi connectivity index (χ0) is 13.2. The molecule has 0 radical (unpaired) electrons. The van der Waals surface area contributed by atoms with Gasteiger partial charge in [-0.15, -0.1) is 0 Å². The maximum atomic E-state index is 12.0. The van der Waals surface area contributed by atoms with Crippen molar-refractivity contribution in [2.45, 2.75) is 11.8 Å². The van der Waals surface area contributed by atoms with Gasteiger partial charge in [0.25, 0.3) is 10.0 Å². The molecule has 2 aromatic rings. The smallest absolute Gasteiger partial charge is 0.261 e. The van der Waals surface area contributed by atoms with Gasteiger partial charge in [0.15, 0.2) is 0 Å². The number of benzene rings is 1. The zero-order valence-electron chi connectivity index (χ0n) is 9.66. The van der Waals surface area contributed by atoms with E-state index in [1.807, 2.05) is 6.92 Å². The summed E-state index contributed by atoms with van der Waals surface area (Å²) in [5, 5.41) is 9.12. The Balaban J connectivity index is 2.30. The van der Waals surface area contributed by atoms with Crippen molar-refractivity contribution in [3.05, 3.63) is 48.3 Å². The van der Waals surface area contributed by atoms with Gasteiger partial charge in [-0.25, -0.2) is 8.42 Å². The Morgan fingerprint density at radius 1 is 1.17 bits per heavy atom. The minimum absolute atomic E-state index is 0.0196. The van der Waals surface area contributed by atoms with Gasteiger partial charge in [0.1, 0.15) is 5.75 Å². The molecule has 1 aromatic carbocycles. The summed E-state index contributed by atoms with van der Waals surface area (Å²) >= 11 is 0. The number of nitrogens with one attached hydrogen (secondary N) is 1. The van der Waals surface area contributed by atoms with Crippen molar-refractivity contribution in [1.29, 1.82) is 0 Å². The van der Waals surface area contributed by atoms with Crippen molar-refractivity contribution in [3.63, 3.8) is 0 Å². The van der Waals surface area contributed by atoms with Crippen LogP contribution in [-0.2, 0) is 10.0 Å². The van der Waals surface area contributed by atoms with Crippen LogP contribution >= 0.6 is 0 Å². The van der Waals surface area contributed by atoms with Gasteiger partial charge in [-0.3, -0.25) is 9.71 Å². The van der Waals surface area contributed by atoms with Gasteiger partial charge in [-0.1, -0.05) is 0 Å². The third kappa shape index (κ3) is 2.78. The molecule has 0 saturated heterocycles. The molecule has 0 bridgehead atoms. The van der Waals surface area contributed by atoms with Gasteiger partial charge in [0.05, 0.1) is 16.8 Å². The summed E-state index contributed by atoms with van der Waals surface area (Å²) in [6.45, 7) is 1.82. The first-order valence-corrected chi connectivity index (χ1v) is 6.69. The highest BCUT2D eigenvalue weighted by Crippen LogP contribution is 2.18. The Labute approximate surface area is 105 Å². The number of phenolic OH excluding ortho intramolecular Hbond substituents is 1. The third-order valence-electron chi connectivity index (χ3n) is 2.27. The lowest BCUT2D eigenvalue weighted by atomic mass is 10.3. The number of pyridine rings is 1. The number of aromatic hydroxyl groups is 1. The second-order valence-corrected chi connectivity index (χ2v) is 5.53. The summed E-state index contributed by atoms with van der Waals surface area (Å²) in [6.07, 6.45) is 3.07. The number of rotatable bonds is 3. The Morgan fingerprint density at radius 3 is 2.44 bits per heavy atom. The number of anilines is 1. The second kappa shape index (κ2) is 4.66. The summed E-state index contributed by atoms with van der Waals surface area (Å²) in [5.41, 5.74) is 1.27. The minimum atomic E-state index is -3.65. The first-order chi connectivity index (χ1) is 8.47. The monoisotopic (exact) mass is 264 g/mol. The topological polar surface area (TPSA) is 79.3 Å². The lowest BCUT2D eigenvalue weighted by molar-refractivity contribution is 0.475. The number of hydrogen-bond donors (Lipinski definition) is 2. The molecular formula is C12H12N2O3S. The highest BCUT2D eigenvalue weighted by Gasteiger charge is 2.14. The predicted molar refractivity (Wildman–Crippen MR) is 67.9 cm³/mol. The number of aryl methyl sites for hydroxylation is 1. The fraction of sp³-hybridized carbons (Fsp3) is 0.0833. The van der Waals surface area contributed by atoms with Crippen molar-refractivity contribution < 1.29 is 13.5 Å². The van der Waals surface area contributed by atoms with E-state index in [9.17, 15) is 8.42 Å². The molecule has 2 rings (SSSR count). The molecule has 2 N–H and O–H groups in total. The Hall–Kier alpha value is -2.08. The van der Waals surface area contributed by atoms with Gasteiger partial charge in [-0.2, -0.15) is 0 Å². The van der Waals surface area contributed by atoms with E-state index in [-0.39, 0.29) is 10.6 Å². The molecule has 18 heavy (non-hydrogen) atoms. The average molecular weight is 264 g/mol. The van der Waals surface area contributed by atoms with Crippen molar-refractivity contribution in [2.75, 3.05) is 4.72 Å². The quantitative estimate of drug-likeness (QED) is 0.887. The largest absolute Gasteiger partial charge is 0.508 e. The molecule has 0 aliphatic carbocycles. The number of aromatic nitrogens is 1. The fourth-order valence-corrected chi connectivity index (χ4v) is 2.48. The predicted octanol–water partition coefficient (Wildman–Crippen LogP) is 1.90. The SMILES string of the molecule is Cc1cncc(NS(=O)(=O)c2ccc(O)cc2)c1. The summed E-state index contributed by atoms with van der Waals surface area (Å²) in [6, 6.07) is 7.00. The standard InChI is InChI=1S/C12H12N2O3S/c1-9-6-10(8-13-7-9)14-18(16,17)12-4-2-11(15)3-5-12/h2-8,14-15H,1H3. The molecule has 5 nitrogen and oxygen atoms in total. The molecule has 0 amide bonds. The molecule has 0 fully saturated rings. The van der Waals surface area contributed by atoms with Crippen LogP contribution in [0.25, 0.3) is 0 Å². The Bertz CT molecular complexity index is 651. The molecule has 1 aromatic heterocycles. The first-order valence-electron chi connectivity index (χ1n) is 5.21. The van der Waals surface area contributed by atoms with Crippen LogP contribution in [-0.4, -0.2) is 18.5 Å². The van der Waals surface area contributed by atoms with Crippen molar-refractivity contribution in [1.82, 2.24) is 4.98 Å². The van der Waals surface area contributed by atoms with Gasteiger partial charge in [0.2, 0.25) is 0 Å². The summed E-state index contributed by atoms with van der Waals surface area (Å²) < 4.78 is 26.4. The van der Waals surface area contributed by atoms with Crippen LogP contribution in [0, 0.1) is 6.92 Å². The maximum Gasteiger partial charge on any atom is 0.261 e. The van der Waals surface area contributed by atoms with Crippen LogP contribution in [0.4, 0.5) is 5.69 Å². The van der Waals surface area contributed by atoms with Crippen LogP contribution in [0.3, 0.4) is 0 Å². The number of hydrogen-bond acceptors (Lipinski definition) is 4. The second-order valence-electron chi connectivity index (χ2n) is 3.85. The molecule has 0 saturated carbocycles. The lowest BCUT2D eigenvalue weighted by Gasteiger charge is -2.08. The Kier molecular flexibility index (Phi) is 3.20. The molecule has 94 valence electrons. The third-order valence-corrected chi connectivity index (χ3v) is 3.67. The van der Waals surface area contributed by atoms with Gasteiger partial charge in [0, 0.05) is 6.20 Å². The fourth-order valence-electron chi connectivity index (χ4n) is 1.45. The van der Waals surface area contributed by atoms with E-state index in [1.54, 1.807) is 12.3 Å². The van der Waals surface area contributed by atoms with Gasteiger partial charge in [-0.05, 0) is 42.8 Å². The number of phenols is 1. The molecule has 0 unspecified atom stereocenters. The van der Waals surface area contributed by atoms with Crippen LogP contribution < -0.4 is 4.72 Å². The van der Waals surface area contributed by atoms with E-state index >= 15 is 0 Å². The lowest BCUT2D eigenvalue weighted by Crippen LogP contribution is -2.13. The molecule has 0 spiro atoms. The van der Waals surface area contributed by atoms with Crippen molar-refractivity contribution in [2.24, 2.45) is 0 Å². The van der Waals surface area contributed by atoms with Crippen LogP contribution in [0.15, 0.2) is 47.6 Å². The maximum absolute atomic E-state index is 12.0. The van der Waals surface area contributed by atoms with E-state index < -0.39 is 10.0 Å². The van der Waals surface area contributed by atoms with E-state index in [2.05, 4.69) is 9.71 Å². The zero-order valence-corrected chi connectivity index (χ0v) is 10.5. The van der Waals surface area contributed by atoms with E-state index in [4.69, 9.17) is 5.11 Å². The van der Waals surface area contributed by atoms with E-state index in [1.165, 1.54) is 30.5 Å². The molecule has 0 atom stereocenters. The molecule has 0 aliphatic rings. The number of sulfonamides is 1. The van der Waals surface area contributed by atoms with Crippen molar-refractivity contribution in [3.8, 4) is 5.75 Å². The van der Waals surface area contributed by atoms with Crippen LogP contribution in [0.5, 0.6) is 5.75 Å². The molecule has 0 aliphatic heterocycles. The highest BCUT2D eigenvalue weighted by atomic mass is 32.2. The molecule has 6 heteroatoms. The molecule has 1 heterocycles. The summed E-state index contributed by atoms with van der Waals surface area (Å²) in [5.74, 6) is 0.0196. The average Bonchev–Trinajstić information content (AvgIpc) is 2.29. The van der Waals surface area contributed by atoms with Crippen LogP contribution in [0.2, 0.25) is 0 Å². The van der Waals surface area contributed by atoms with Gasteiger partial charge < -0.3 is 5.11 Å².